The van der Waals surface area contributed by atoms with Crippen LogP contribution >= 0.6 is 35.6 Å². The number of hydrogen-bond acceptors (Lipinski definition) is 5. The summed E-state index contributed by atoms with van der Waals surface area (Å²) in [6, 6.07) is 16.9. The fraction of sp³-hybridized carbons (Fsp3) is 0.318. The molecule has 9 heteroatoms. The van der Waals surface area contributed by atoms with E-state index in [0.29, 0.717) is 48.6 Å². The summed E-state index contributed by atoms with van der Waals surface area (Å²) in [6.45, 7) is 3.84. The summed E-state index contributed by atoms with van der Waals surface area (Å²) in [5.74, 6) is 1.74. The highest BCUT2D eigenvalue weighted by atomic mass is 127. The first kappa shape index (κ1) is 25.1. The van der Waals surface area contributed by atoms with Crippen molar-refractivity contribution in [1.29, 1.82) is 0 Å². The molecule has 0 aliphatic heterocycles. The monoisotopic (exact) mass is 555 g/mol. The summed E-state index contributed by atoms with van der Waals surface area (Å²) in [4.78, 5) is 8.94. The molecule has 3 rings (SSSR count). The zero-order chi connectivity index (χ0) is 21.2. The van der Waals surface area contributed by atoms with E-state index in [4.69, 9.17) is 16.1 Å². The van der Waals surface area contributed by atoms with Crippen LogP contribution < -0.4 is 10.6 Å². The normalized spacial score (nSPS) is 12.2. The van der Waals surface area contributed by atoms with Crippen molar-refractivity contribution in [2.24, 2.45) is 4.99 Å². The lowest BCUT2D eigenvalue weighted by atomic mass is 10.1. The van der Waals surface area contributed by atoms with Gasteiger partial charge in [0.05, 0.1) is 6.10 Å². The minimum atomic E-state index is -0.527. The molecular formula is C22H27ClIN5O2. The van der Waals surface area contributed by atoms with Crippen molar-refractivity contribution in [1.82, 2.24) is 20.8 Å². The number of hydrogen-bond donors (Lipinski definition) is 3. The Balaban J connectivity index is 0.00000341. The fourth-order valence-corrected chi connectivity index (χ4v) is 3.06. The molecule has 3 aromatic rings. The molecule has 0 spiro atoms. The van der Waals surface area contributed by atoms with Crippen LogP contribution in [0.4, 0.5) is 0 Å². The van der Waals surface area contributed by atoms with E-state index >= 15 is 0 Å². The molecule has 0 radical (unpaired) electrons. The van der Waals surface area contributed by atoms with Gasteiger partial charge in [0.1, 0.15) is 0 Å². The lowest BCUT2D eigenvalue weighted by molar-refractivity contribution is 0.170. The van der Waals surface area contributed by atoms with Gasteiger partial charge in [-0.05, 0) is 31.0 Å². The molecule has 31 heavy (non-hydrogen) atoms. The maximum Gasteiger partial charge on any atom is 0.228 e. The van der Waals surface area contributed by atoms with Gasteiger partial charge in [-0.2, -0.15) is 4.98 Å². The number of nitrogens with one attached hydrogen (secondary N) is 2. The Kier molecular flexibility index (Phi) is 10.8. The van der Waals surface area contributed by atoms with Crippen molar-refractivity contribution in [3.8, 4) is 11.4 Å². The smallest absolute Gasteiger partial charge is 0.228 e. The van der Waals surface area contributed by atoms with Crippen LogP contribution in [0.1, 0.15) is 30.9 Å². The van der Waals surface area contributed by atoms with E-state index in [-0.39, 0.29) is 24.0 Å². The third-order valence-electron chi connectivity index (χ3n) is 4.38. The Morgan fingerprint density at radius 2 is 1.97 bits per heavy atom. The number of aromatic nitrogens is 2. The summed E-state index contributed by atoms with van der Waals surface area (Å²) < 4.78 is 5.32. The molecule has 166 valence electrons. The van der Waals surface area contributed by atoms with Crippen molar-refractivity contribution >= 4 is 41.5 Å². The van der Waals surface area contributed by atoms with E-state index < -0.39 is 6.10 Å². The summed E-state index contributed by atoms with van der Waals surface area (Å²) in [7, 11) is 0. The molecule has 2 aromatic carbocycles. The van der Waals surface area contributed by atoms with Gasteiger partial charge in [0, 0.05) is 36.6 Å². The van der Waals surface area contributed by atoms with E-state index in [1.807, 2.05) is 49.4 Å². The van der Waals surface area contributed by atoms with Crippen LogP contribution in [0.2, 0.25) is 5.02 Å². The van der Waals surface area contributed by atoms with Crippen LogP contribution in [0.5, 0.6) is 0 Å². The first-order chi connectivity index (χ1) is 14.7. The lowest BCUT2D eigenvalue weighted by Crippen LogP contribution is -2.38. The molecule has 0 bridgehead atoms. The molecule has 0 aliphatic carbocycles. The molecule has 1 aromatic heterocycles. The molecule has 7 nitrogen and oxygen atoms in total. The van der Waals surface area contributed by atoms with Crippen LogP contribution in [0.3, 0.4) is 0 Å². The Labute approximate surface area is 204 Å². The lowest BCUT2D eigenvalue weighted by Gasteiger charge is -2.12. The van der Waals surface area contributed by atoms with Crippen molar-refractivity contribution in [3.63, 3.8) is 0 Å². The Morgan fingerprint density at radius 3 is 2.71 bits per heavy atom. The number of guanidine groups is 1. The van der Waals surface area contributed by atoms with Crippen LogP contribution in [0.15, 0.2) is 64.1 Å². The molecule has 0 saturated heterocycles. The van der Waals surface area contributed by atoms with Crippen molar-refractivity contribution < 1.29 is 9.63 Å². The zero-order valence-electron chi connectivity index (χ0n) is 17.3. The molecule has 0 aliphatic rings. The van der Waals surface area contributed by atoms with Gasteiger partial charge < -0.3 is 20.3 Å². The number of aliphatic imine (C=N–C) groups is 1. The van der Waals surface area contributed by atoms with Gasteiger partial charge in [0.2, 0.25) is 11.7 Å². The average Bonchev–Trinajstić information content (AvgIpc) is 3.23. The molecule has 0 amide bonds. The number of benzene rings is 2. The van der Waals surface area contributed by atoms with Gasteiger partial charge in [-0.3, -0.25) is 4.99 Å². The third-order valence-corrected chi connectivity index (χ3v) is 4.62. The first-order valence-electron chi connectivity index (χ1n) is 9.99. The summed E-state index contributed by atoms with van der Waals surface area (Å²) >= 11 is 6.01. The second-order valence-electron chi connectivity index (χ2n) is 6.67. The third kappa shape index (κ3) is 8.12. The van der Waals surface area contributed by atoms with Crippen LogP contribution in [-0.4, -0.2) is 40.8 Å². The van der Waals surface area contributed by atoms with Crippen molar-refractivity contribution in [2.45, 2.75) is 25.9 Å². The predicted molar refractivity (Wildman–Crippen MR) is 134 cm³/mol. The van der Waals surface area contributed by atoms with E-state index in [2.05, 4.69) is 25.8 Å². The second kappa shape index (κ2) is 13.3. The SMILES string of the molecule is CCNC(=NCCC(O)c1ccccc1)NCCc1nc(-c2cccc(Cl)c2)no1.I. The quantitative estimate of drug-likeness (QED) is 0.208. The van der Waals surface area contributed by atoms with Gasteiger partial charge in [-0.25, -0.2) is 0 Å². The predicted octanol–water partition coefficient (Wildman–Crippen LogP) is 4.23. The zero-order valence-corrected chi connectivity index (χ0v) is 20.4. The highest BCUT2D eigenvalue weighted by Gasteiger charge is 2.10. The van der Waals surface area contributed by atoms with Crippen LogP contribution in [0, 0.1) is 0 Å². The van der Waals surface area contributed by atoms with Crippen LogP contribution in [-0.2, 0) is 6.42 Å². The van der Waals surface area contributed by atoms with Gasteiger partial charge in [-0.1, -0.05) is 59.2 Å². The van der Waals surface area contributed by atoms with Gasteiger partial charge in [0.15, 0.2) is 5.96 Å². The summed E-state index contributed by atoms with van der Waals surface area (Å²) in [6.07, 6.45) is 0.582. The van der Waals surface area contributed by atoms with Gasteiger partial charge in [0.25, 0.3) is 0 Å². The van der Waals surface area contributed by atoms with Crippen molar-refractivity contribution in [2.75, 3.05) is 19.6 Å². The molecule has 1 atom stereocenters. The standard InChI is InChI=1S/C22H26ClN5O2.HI/c1-2-24-22(25-13-11-19(29)16-7-4-3-5-8-16)26-14-12-20-27-21(28-30-20)17-9-6-10-18(23)15-17;/h3-10,15,19,29H,2,11-14H2,1H3,(H2,24,25,26);1H. The van der Waals surface area contributed by atoms with Gasteiger partial charge in [-0.15, -0.1) is 24.0 Å². The molecule has 1 unspecified atom stereocenters. The maximum absolute atomic E-state index is 10.3. The Morgan fingerprint density at radius 1 is 1.16 bits per heavy atom. The van der Waals surface area contributed by atoms with Gasteiger partial charge >= 0.3 is 0 Å². The molecule has 0 fully saturated rings. The van der Waals surface area contributed by atoms with Crippen LogP contribution in [0.25, 0.3) is 11.4 Å². The number of aliphatic hydroxyl groups is 1. The van der Waals surface area contributed by atoms with E-state index in [1.54, 1.807) is 12.1 Å². The molecule has 0 saturated carbocycles. The Bertz CT molecular complexity index is 952. The number of halogens is 2. The molecular weight excluding hydrogens is 529 g/mol. The fourth-order valence-electron chi connectivity index (χ4n) is 2.87. The van der Waals surface area contributed by atoms with E-state index in [0.717, 1.165) is 17.7 Å². The number of aliphatic hydroxyl groups excluding tert-OH is 1. The molecule has 1 heterocycles. The Hall–Kier alpha value is -2.17. The minimum absolute atomic E-state index is 0. The largest absolute Gasteiger partial charge is 0.388 e. The first-order valence-corrected chi connectivity index (χ1v) is 10.4. The molecule has 3 N–H and O–H groups in total. The minimum Gasteiger partial charge on any atom is -0.388 e. The maximum atomic E-state index is 10.3. The highest BCUT2D eigenvalue weighted by molar-refractivity contribution is 14.0. The van der Waals surface area contributed by atoms with E-state index in [1.165, 1.54) is 0 Å². The topological polar surface area (TPSA) is 95.6 Å². The summed E-state index contributed by atoms with van der Waals surface area (Å²) in [5, 5.41) is 21.3. The highest BCUT2D eigenvalue weighted by Crippen LogP contribution is 2.20. The van der Waals surface area contributed by atoms with Crippen molar-refractivity contribution in [3.05, 3.63) is 71.1 Å². The summed E-state index contributed by atoms with van der Waals surface area (Å²) in [5.41, 5.74) is 1.72. The van der Waals surface area contributed by atoms with E-state index in [9.17, 15) is 5.11 Å². The number of nitrogens with zero attached hydrogens (tertiary/aromatic N) is 3. The second-order valence-corrected chi connectivity index (χ2v) is 7.11. The number of rotatable bonds is 9. The average molecular weight is 556 g/mol.